The van der Waals surface area contributed by atoms with Crippen LogP contribution in [-0.2, 0) is 4.79 Å². The van der Waals surface area contributed by atoms with E-state index >= 15 is 0 Å². The largest absolute Gasteiger partial charge is 0.355 e. The van der Waals surface area contributed by atoms with E-state index in [2.05, 4.69) is 29.4 Å². The van der Waals surface area contributed by atoms with Crippen molar-refractivity contribution in [1.29, 1.82) is 0 Å². The van der Waals surface area contributed by atoms with Gasteiger partial charge in [0.05, 0.1) is 6.04 Å². The van der Waals surface area contributed by atoms with Crippen LogP contribution >= 0.6 is 0 Å². The number of nitrogens with one attached hydrogen (secondary N) is 2. The van der Waals surface area contributed by atoms with E-state index in [1.54, 1.807) is 0 Å². The molecule has 1 rings (SSSR count). The summed E-state index contributed by atoms with van der Waals surface area (Å²) in [6.07, 6.45) is 4.87. The number of hydrogen-bond acceptors (Lipinski definition) is 3. The molecular weight excluding hydrogens is 238 g/mol. The van der Waals surface area contributed by atoms with Crippen molar-refractivity contribution in [2.45, 2.75) is 58.5 Å². The quantitative estimate of drug-likeness (QED) is 0.738. The summed E-state index contributed by atoms with van der Waals surface area (Å²) in [4.78, 5) is 14.2. The summed E-state index contributed by atoms with van der Waals surface area (Å²) >= 11 is 0. The molecule has 2 atom stereocenters. The molecule has 0 aliphatic carbocycles. The van der Waals surface area contributed by atoms with Crippen LogP contribution in [0.2, 0.25) is 0 Å². The molecule has 0 aromatic carbocycles. The predicted molar refractivity (Wildman–Crippen MR) is 80.2 cm³/mol. The molecule has 0 aromatic heterocycles. The van der Waals surface area contributed by atoms with Crippen LogP contribution in [0, 0.1) is 5.92 Å². The van der Waals surface area contributed by atoms with Gasteiger partial charge in [0.25, 0.3) is 0 Å². The highest BCUT2D eigenvalue weighted by Crippen LogP contribution is 2.09. The number of carbonyl (C=O) groups excluding carboxylic acids is 1. The minimum absolute atomic E-state index is 0.0455. The average molecular weight is 269 g/mol. The Labute approximate surface area is 118 Å². The van der Waals surface area contributed by atoms with E-state index in [9.17, 15) is 4.79 Å². The summed E-state index contributed by atoms with van der Waals surface area (Å²) in [5.41, 5.74) is 0. The van der Waals surface area contributed by atoms with Gasteiger partial charge in [0, 0.05) is 19.1 Å². The molecule has 4 nitrogen and oxygen atoms in total. The molecule has 1 amide bonds. The number of hydrogen-bond donors (Lipinski definition) is 2. The Morgan fingerprint density at radius 2 is 2.11 bits per heavy atom. The van der Waals surface area contributed by atoms with E-state index in [0.29, 0.717) is 12.0 Å². The third kappa shape index (κ3) is 6.39. The molecule has 1 aliphatic rings. The van der Waals surface area contributed by atoms with E-state index in [0.717, 1.165) is 26.1 Å². The first-order valence-electron chi connectivity index (χ1n) is 7.72. The zero-order valence-corrected chi connectivity index (χ0v) is 13.0. The van der Waals surface area contributed by atoms with Gasteiger partial charge in [-0.15, -0.1) is 0 Å². The minimum Gasteiger partial charge on any atom is -0.355 e. The van der Waals surface area contributed by atoms with Crippen LogP contribution in [-0.4, -0.2) is 49.6 Å². The molecule has 0 spiro atoms. The highest BCUT2D eigenvalue weighted by atomic mass is 16.2. The van der Waals surface area contributed by atoms with Crippen molar-refractivity contribution >= 4 is 5.91 Å². The van der Waals surface area contributed by atoms with Gasteiger partial charge < -0.3 is 10.6 Å². The van der Waals surface area contributed by atoms with Crippen LogP contribution in [0.15, 0.2) is 0 Å². The standard InChI is InChI=1S/C15H31N3O/c1-12(2)8-10-17-15(19)13(3)18(4)11-14-7-5-6-9-16-14/h12-14,16H,5-11H2,1-4H3,(H,17,19). The van der Waals surface area contributed by atoms with E-state index in [-0.39, 0.29) is 11.9 Å². The lowest BCUT2D eigenvalue weighted by Gasteiger charge is -2.31. The van der Waals surface area contributed by atoms with Crippen molar-refractivity contribution in [2.75, 3.05) is 26.7 Å². The van der Waals surface area contributed by atoms with Gasteiger partial charge in [-0.2, -0.15) is 0 Å². The molecule has 112 valence electrons. The van der Waals surface area contributed by atoms with Crippen molar-refractivity contribution in [1.82, 2.24) is 15.5 Å². The summed E-state index contributed by atoms with van der Waals surface area (Å²) in [6.45, 7) is 9.21. The molecule has 1 saturated heterocycles. The van der Waals surface area contributed by atoms with Crippen molar-refractivity contribution < 1.29 is 4.79 Å². The number of piperidine rings is 1. The van der Waals surface area contributed by atoms with Crippen LogP contribution in [0.3, 0.4) is 0 Å². The number of likely N-dealkylation sites (N-methyl/N-ethyl adjacent to an activating group) is 1. The SMILES string of the molecule is CC(C)CCNC(=O)C(C)N(C)CC1CCCCN1. The first-order valence-corrected chi connectivity index (χ1v) is 7.72. The molecule has 4 heteroatoms. The second-order valence-electron chi connectivity index (χ2n) is 6.24. The fourth-order valence-electron chi connectivity index (χ4n) is 2.42. The van der Waals surface area contributed by atoms with Crippen LogP contribution in [0.5, 0.6) is 0 Å². The highest BCUT2D eigenvalue weighted by Gasteiger charge is 2.21. The molecule has 19 heavy (non-hydrogen) atoms. The van der Waals surface area contributed by atoms with Gasteiger partial charge >= 0.3 is 0 Å². The molecule has 0 saturated carbocycles. The topological polar surface area (TPSA) is 44.4 Å². The van der Waals surface area contributed by atoms with E-state index in [1.165, 1.54) is 19.3 Å². The minimum atomic E-state index is -0.0455. The summed E-state index contributed by atoms with van der Waals surface area (Å²) in [7, 11) is 2.04. The van der Waals surface area contributed by atoms with Crippen LogP contribution in [0.25, 0.3) is 0 Å². The van der Waals surface area contributed by atoms with Crippen molar-refractivity contribution in [3.63, 3.8) is 0 Å². The Bertz CT molecular complexity index is 262. The van der Waals surface area contributed by atoms with Gasteiger partial charge in [-0.1, -0.05) is 20.3 Å². The van der Waals surface area contributed by atoms with Crippen LogP contribution < -0.4 is 10.6 Å². The molecule has 2 unspecified atom stereocenters. The summed E-state index contributed by atoms with van der Waals surface area (Å²) in [5.74, 6) is 0.790. The lowest BCUT2D eigenvalue weighted by molar-refractivity contribution is -0.125. The Kier molecular flexibility index (Phi) is 7.39. The monoisotopic (exact) mass is 269 g/mol. The maximum Gasteiger partial charge on any atom is 0.237 e. The zero-order valence-electron chi connectivity index (χ0n) is 13.0. The maximum atomic E-state index is 12.0. The van der Waals surface area contributed by atoms with Gasteiger partial charge in [-0.25, -0.2) is 0 Å². The molecule has 1 aliphatic heterocycles. The van der Waals surface area contributed by atoms with Gasteiger partial charge in [0.15, 0.2) is 0 Å². The third-order valence-corrected chi connectivity index (χ3v) is 3.98. The maximum absolute atomic E-state index is 12.0. The lowest BCUT2D eigenvalue weighted by atomic mass is 10.0. The van der Waals surface area contributed by atoms with Crippen molar-refractivity contribution in [2.24, 2.45) is 5.92 Å². The molecular formula is C15H31N3O. The van der Waals surface area contributed by atoms with Crippen molar-refractivity contribution in [3.8, 4) is 0 Å². The fraction of sp³-hybridized carbons (Fsp3) is 0.933. The smallest absolute Gasteiger partial charge is 0.237 e. The van der Waals surface area contributed by atoms with Crippen LogP contribution in [0.1, 0.15) is 46.5 Å². The molecule has 2 N–H and O–H groups in total. The summed E-state index contributed by atoms with van der Waals surface area (Å²) < 4.78 is 0. The fourth-order valence-corrected chi connectivity index (χ4v) is 2.42. The van der Waals surface area contributed by atoms with Crippen LogP contribution in [0.4, 0.5) is 0 Å². The summed E-state index contributed by atoms with van der Waals surface area (Å²) in [5, 5.41) is 6.56. The van der Waals surface area contributed by atoms with Gasteiger partial charge in [-0.3, -0.25) is 9.69 Å². The molecule has 0 radical (unpaired) electrons. The van der Waals surface area contributed by atoms with E-state index < -0.39 is 0 Å². The second-order valence-corrected chi connectivity index (χ2v) is 6.24. The van der Waals surface area contributed by atoms with Crippen molar-refractivity contribution in [3.05, 3.63) is 0 Å². The molecule has 0 bridgehead atoms. The van der Waals surface area contributed by atoms with E-state index in [4.69, 9.17) is 0 Å². The molecule has 1 fully saturated rings. The molecule has 0 aromatic rings. The van der Waals surface area contributed by atoms with Gasteiger partial charge in [0.1, 0.15) is 0 Å². The lowest BCUT2D eigenvalue weighted by Crippen LogP contribution is -2.49. The Hall–Kier alpha value is -0.610. The Morgan fingerprint density at radius 3 is 2.68 bits per heavy atom. The highest BCUT2D eigenvalue weighted by molar-refractivity contribution is 5.81. The van der Waals surface area contributed by atoms with Gasteiger partial charge in [0.2, 0.25) is 5.91 Å². The first kappa shape index (κ1) is 16.4. The number of rotatable bonds is 7. The Morgan fingerprint density at radius 1 is 1.37 bits per heavy atom. The summed E-state index contributed by atoms with van der Waals surface area (Å²) in [6, 6.07) is 0.501. The predicted octanol–water partition coefficient (Wildman–Crippen LogP) is 1.61. The number of nitrogens with zero attached hydrogens (tertiary/aromatic N) is 1. The molecule has 1 heterocycles. The second kappa shape index (κ2) is 8.54. The average Bonchev–Trinajstić information content (AvgIpc) is 2.38. The van der Waals surface area contributed by atoms with Gasteiger partial charge in [-0.05, 0) is 45.7 Å². The Balaban J connectivity index is 2.25. The first-order chi connectivity index (χ1) is 9.00. The number of carbonyl (C=O) groups is 1. The third-order valence-electron chi connectivity index (χ3n) is 3.98. The number of amides is 1. The zero-order chi connectivity index (χ0) is 14.3. The van der Waals surface area contributed by atoms with E-state index in [1.807, 2.05) is 14.0 Å². The normalized spacial score (nSPS) is 21.7.